The lowest BCUT2D eigenvalue weighted by molar-refractivity contribution is -0.117. The molecule has 0 bridgehead atoms. The summed E-state index contributed by atoms with van der Waals surface area (Å²) in [6.45, 7) is 5.43. The Balaban J connectivity index is 1.69. The minimum Gasteiger partial charge on any atom is -0.462 e. The van der Waals surface area contributed by atoms with Gasteiger partial charge in [0.1, 0.15) is 10.6 Å². The summed E-state index contributed by atoms with van der Waals surface area (Å²) in [5.74, 6) is -0.651. The van der Waals surface area contributed by atoms with Gasteiger partial charge in [0.05, 0.1) is 18.9 Å². The van der Waals surface area contributed by atoms with Crippen LogP contribution in [-0.4, -0.2) is 74.6 Å². The van der Waals surface area contributed by atoms with Crippen molar-refractivity contribution in [2.45, 2.75) is 13.8 Å². The maximum absolute atomic E-state index is 12.7. The number of amides is 1. The zero-order valence-corrected chi connectivity index (χ0v) is 19.3. The Hall–Kier alpha value is -2.27. The molecule has 1 fully saturated rings. The van der Waals surface area contributed by atoms with Gasteiger partial charge >= 0.3 is 5.97 Å². The average Bonchev–Trinajstić information content (AvgIpc) is 3.18. The number of carbonyl (C=O) groups is 2. The third-order valence-electron chi connectivity index (χ3n) is 5.06. The highest BCUT2D eigenvalue weighted by molar-refractivity contribution is 7.89. The predicted molar refractivity (Wildman–Crippen MR) is 122 cm³/mol. The molecule has 0 spiro atoms. The molecule has 0 radical (unpaired) electrons. The van der Waals surface area contributed by atoms with Gasteiger partial charge < -0.3 is 10.1 Å². The van der Waals surface area contributed by atoms with E-state index in [0.717, 1.165) is 11.1 Å². The van der Waals surface area contributed by atoms with Gasteiger partial charge in [-0.2, -0.15) is 4.31 Å². The highest BCUT2D eigenvalue weighted by Gasteiger charge is 2.27. The molecule has 1 amide bonds. The predicted octanol–water partition coefficient (Wildman–Crippen LogP) is 2.50. The van der Waals surface area contributed by atoms with Crippen molar-refractivity contribution in [3.05, 3.63) is 41.3 Å². The average molecular weight is 466 g/mol. The second kappa shape index (κ2) is 10.4. The van der Waals surface area contributed by atoms with Crippen LogP contribution in [0.4, 0.5) is 5.00 Å². The molecule has 0 aliphatic carbocycles. The van der Waals surface area contributed by atoms with Crippen molar-refractivity contribution in [1.82, 2.24) is 9.21 Å². The molecule has 1 aliphatic rings. The number of benzene rings is 1. The van der Waals surface area contributed by atoms with Crippen molar-refractivity contribution in [3.8, 4) is 11.1 Å². The number of anilines is 1. The largest absolute Gasteiger partial charge is 0.462 e. The number of rotatable bonds is 8. The summed E-state index contributed by atoms with van der Waals surface area (Å²) in [5.41, 5.74) is 1.94. The first-order valence-electron chi connectivity index (χ1n) is 10.2. The molecule has 31 heavy (non-hydrogen) atoms. The fraction of sp³-hybridized carbons (Fsp3) is 0.429. The maximum Gasteiger partial charge on any atom is 0.341 e. The summed E-state index contributed by atoms with van der Waals surface area (Å²) >= 11 is 1.28. The Morgan fingerprint density at radius 3 is 2.39 bits per heavy atom. The lowest BCUT2D eigenvalue weighted by atomic mass is 10.0. The number of esters is 1. The van der Waals surface area contributed by atoms with Crippen LogP contribution in [0, 0.1) is 0 Å². The van der Waals surface area contributed by atoms with E-state index < -0.39 is 16.0 Å². The number of nitrogens with one attached hydrogen (secondary N) is 1. The van der Waals surface area contributed by atoms with Gasteiger partial charge in [-0.25, -0.2) is 13.2 Å². The van der Waals surface area contributed by atoms with Crippen LogP contribution >= 0.6 is 11.3 Å². The first-order valence-corrected chi connectivity index (χ1v) is 12.7. The second-order valence-electron chi connectivity index (χ2n) is 7.06. The minimum atomic E-state index is -3.21. The molecule has 10 heteroatoms. The number of nitrogens with zero attached hydrogens (tertiary/aromatic N) is 2. The van der Waals surface area contributed by atoms with E-state index in [1.165, 1.54) is 15.6 Å². The molecular weight excluding hydrogens is 438 g/mol. The van der Waals surface area contributed by atoms with E-state index in [0.29, 0.717) is 36.7 Å². The summed E-state index contributed by atoms with van der Waals surface area (Å²) in [6, 6.07) is 9.48. The molecule has 0 unspecified atom stereocenters. The van der Waals surface area contributed by atoms with Gasteiger partial charge in [-0.1, -0.05) is 30.3 Å². The summed E-state index contributed by atoms with van der Waals surface area (Å²) in [6.07, 6.45) is 0. The molecule has 168 valence electrons. The molecule has 2 heterocycles. The molecule has 1 aliphatic heterocycles. The van der Waals surface area contributed by atoms with Gasteiger partial charge in [0.15, 0.2) is 0 Å². The Kier molecular flexibility index (Phi) is 7.82. The molecule has 1 saturated heterocycles. The number of hydrogen-bond donors (Lipinski definition) is 1. The minimum absolute atomic E-state index is 0.0756. The van der Waals surface area contributed by atoms with Gasteiger partial charge in [-0.3, -0.25) is 9.69 Å². The van der Waals surface area contributed by atoms with E-state index in [1.807, 2.05) is 40.6 Å². The molecule has 1 N–H and O–H groups in total. The van der Waals surface area contributed by atoms with Crippen LogP contribution in [0.3, 0.4) is 0 Å². The van der Waals surface area contributed by atoms with E-state index in [1.54, 1.807) is 13.8 Å². The van der Waals surface area contributed by atoms with Crippen LogP contribution in [0.1, 0.15) is 24.2 Å². The summed E-state index contributed by atoms with van der Waals surface area (Å²) in [4.78, 5) is 27.2. The standard InChI is InChI=1S/C21H27N3O5S2/c1-3-29-21(26)19-17(16-8-6-5-7-9-16)15-30-20(19)22-18(25)14-23-10-12-24(13-11-23)31(27,28)4-2/h5-9,15H,3-4,10-14H2,1-2H3,(H,22,25). The molecule has 8 nitrogen and oxygen atoms in total. The van der Waals surface area contributed by atoms with Crippen LogP contribution in [0.5, 0.6) is 0 Å². The highest BCUT2D eigenvalue weighted by atomic mass is 32.2. The van der Waals surface area contributed by atoms with E-state index in [9.17, 15) is 18.0 Å². The maximum atomic E-state index is 12.7. The van der Waals surface area contributed by atoms with Crippen molar-refractivity contribution in [1.29, 1.82) is 0 Å². The molecule has 0 atom stereocenters. The number of ether oxygens (including phenoxy) is 1. The fourth-order valence-electron chi connectivity index (χ4n) is 3.40. The quantitative estimate of drug-likeness (QED) is 0.602. The van der Waals surface area contributed by atoms with Crippen LogP contribution in [0.25, 0.3) is 11.1 Å². The van der Waals surface area contributed by atoms with Crippen molar-refractivity contribution in [3.63, 3.8) is 0 Å². The van der Waals surface area contributed by atoms with Crippen LogP contribution in [-0.2, 0) is 19.6 Å². The van der Waals surface area contributed by atoms with E-state index >= 15 is 0 Å². The monoisotopic (exact) mass is 465 g/mol. The molecule has 2 aromatic rings. The molecule has 1 aromatic carbocycles. The third kappa shape index (κ3) is 5.70. The van der Waals surface area contributed by atoms with E-state index in [-0.39, 0.29) is 24.8 Å². The Labute approximate surface area is 186 Å². The molecule has 3 rings (SSSR count). The zero-order chi connectivity index (χ0) is 22.4. The highest BCUT2D eigenvalue weighted by Crippen LogP contribution is 2.36. The van der Waals surface area contributed by atoms with Crippen molar-refractivity contribution < 1.29 is 22.7 Å². The molecular formula is C21H27N3O5S2. The van der Waals surface area contributed by atoms with Crippen LogP contribution < -0.4 is 5.32 Å². The Morgan fingerprint density at radius 1 is 1.10 bits per heavy atom. The summed E-state index contributed by atoms with van der Waals surface area (Å²) < 4.78 is 30.7. The first kappa shape index (κ1) is 23.4. The van der Waals surface area contributed by atoms with Crippen LogP contribution in [0.15, 0.2) is 35.7 Å². The van der Waals surface area contributed by atoms with Gasteiger partial charge in [-0.15, -0.1) is 11.3 Å². The lowest BCUT2D eigenvalue weighted by Gasteiger charge is -2.33. The fourth-order valence-corrected chi connectivity index (χ4v) is 5.46. The number of thiophene rings is 1. The smallest absolute Gasteiger partial charge is 0.341 e. The summed E-state index contributed by atoms with van der Waals surface area (Å²) in [5, 5.41) is 5.14. The second-order valence-corrected chi connectivity index (χ2v) is 10.2. The topological polar surface area (TPSA) is 96.0 Å². The van der Waals surface area contributed by atoms with Gasteiger partial charge in [0, 0.05) is 37.1 Å². The Morgan fingerprint density at radius 2 is 1.77 bits per heavy atom. The molecule has 0 saturated carbocycles. The van der Waals surface area contributed by atoms with Gasteiger partial charge in [0.2, 0.25) is 15.9 Å². The number of carbonyl (C=O) groups excluding carboxylic acids is 2. The van der Waals surface area contributed by atoms with Gasteiger partial charge in [-0.05, 0) is 19.4 Å². The van der Waals surface area contributed by atoms with Crippen molar-refractivity contribution >= 4 is 38.2 Å². The SMILES string of the molecule is CCOC(=O)c1c(-c2ccccc2)csc1NC(=O)CN1CCN(S(=O)(=O)CC)CC1. The van der Waals surface area contributed by atoms with E-state index in [2.05, 4.69) is 5.32 Å². The number of hydrogen-bond acceptors (Lipinski definition) is 7. The van der Waals surface area contributed by atoms with Gasteiger partial charge in [0.25, 0.3) is 0 Å². The third-order valence-corrected chi connectivity index (χ3v) is 7.84. The number of piperazine rings is 1. The molecule has 1 aromatic heterocycles. The Bertz CT molecular complexity index is 1010. The van der Waals surface area contributed by atoms with E-state index in [4.69, 9.17) is 4.74 Å². The normalized spacial score (nSPS) is 15.5. The zero-order valence-electron chi connectivity index (χ0n) is 17.7. The van der Waals surface area contributed by atoms with Crippen LogP contribution in [0.2, 0.25) is 0 Å². The number of sulfonamides is 1. The lowest BCUT2D eigenvalue weighted by Crippen LogP contribution is -2.50. The first-order chi connectivity index (χ1) is 14.9. The van der Waals surface area contributed by atoms with Crippen molar-refractivity contribution in [2.75, 3.05) is 50.4 Å². The summed E-state index contributed by atoms with van der Waals surface area (Å²) in [7, 11) is -3.21. The van der Waals surface area contributed by atoms with Crippen molar-refractivity contribution in [2.24, 2.45) is 0 Å².